The molecule has 0 aliphatic carbocycles. The monoisotopic (exact) mass is 245 g/mol. The Bertz CT molecular complexity index is 449. The molecule has 0 aliphatic heterocycles. The molecule has 18 heavy (non-hydrogen) atoms. The summed E-state index contributed by atoms with van der Waals surface area (Å²) in [5, 5.41) is 9.10. The van der Waals surface area contributed by atoms with Crippen LogP contribution in [0.1, 0.15) is 44.2 Å². The highest BCUT2D eigenvalue weighted by molar-refractivity contribution is 5.71. The van der Waals surface area contributed by atoms with Gasteiger partial charge in [0, 0.05) is 0 Å². The van der Waals surface area contributed by atoms with E-state index in [1.165, 1.54) is 12.7 Å². The minimum atomic E-state index is -0.438. The third kappa shape index (κ3) is 3.59. The molecule has 1 aromatic carbocycles. The molecule has 0 N–H and O–H groups in total. The van der Waals surface area contributed by atoms with Crippen molar-refractivity contribution in [1.82, 2.24) is 0 Å². The second-order valence-electron chi connectivity index (χ2n) is 5.33. The summed E-state index contributed by atoms with van der Waals surface area (Å²) in [6, 6.07) is 9.99. The Labute approximate surface area is 108 Å². The molecule has 96 valence electrons. The summed E-state index contributed by atoms with van der Waals surface area (Å²) < 4.78 is 4.59. The molecule has 0 spiro atoms. The van der Waals surface area contributed by atoms with E-state index in [0.29, 0.717) is 0 Å². The maximum Gasteiger partial charge on any atom is 0.307 e. The lowest BCUT2D eigenvalue weighted by Crippen LogP contribution is -2.11. The van der Waals surface area contributed by atoms with Gasteiger partial charge in [-0.3, -0.25) is 4.79 Å². The van der Waals surface area contributed by atoms with E-state index in [1.807, 2.05) is 24.3 Å². The van der Waals surface area contributed by atoms with Crippen molar-refractivity contribution in [3.05, 3.63) is 35.4 Å². The second-order valence-corrected chi connectivity index (χ2v) is 5.33. The number of carbonyl (C=O) groups is 1. The smallest absolute Gasteiger partial charge is 0.307 e. The Morgan fingerprint density at radius 3 is 2.28 bits per heavy atom. The number of hydrogen-bond donors (Lipinski definition) is 0. The number of methoxy groups -OCH3 is 1. The fraction of sp³-hybridized carbons (Fsp3) is 0.467. The standard InChI is InChI=1S/C15H19NO2/c1-15(2,3)13-7-5-11(6-8-13)12(10-16)9-14(17)18-4/h5-8,12H,9H2,1-4H3. The predicted octanol–water partition coefficient (Wildman–Crippen LogP) is 3.15. The van der Waals surface area contributed by atoms with Crippen molar-refractivity contribution >= 4 is 5.97 Å². The van der Waals surface area contributed by atoms with E-state index in [-0.39, 0.29) is 17.8 Å². The normalized spacial score (nSPS) is 12.6. The molecule has 1 aromatic rings. The summed E-state index contributed by atoms with van der Waals surface area (Å²) in [5.41, 5.74) is 2.15. The maximum atomic E-state index is 11.2. The van der Waals surface area contributed by atoms with Gasteiger partial charge in [0.25, 0.3) is 0 Å². The summed E-state index contributed by atoms with van der Waals surface area (Å²) in [4.78, 5) is 11.2. The van der Waals surface area contributed by atoms with Crippen molar-refractivity contribution in [1.29, 1.82) is 5.26 Å². The van der Waals surface area contributed by atoms with E-state index in [0.717, 1.165) is 5.56 Å². The second kappa shape index (κ2) is 5.68. The molecule has 1 atom stereocenters. The molecule has 0 saturated carbocycles. The van der Waals surface area contributed by atoms with E-state index in [9.17, 15) is 4.79 Å². The molecular weight excluding hydrogens is 226 g/mol. The zero-order valence-corrected chi connectivity index (χ0v) is 11.4. The summed E-state index contributed by atoms with van der Waals surface area (Å²) >= 11 is 0. The number of ether oxygens (including phenoxy) is 1. The Morgan fingerprint density at radius 1 is 1.33 bits per heavy atom. The fourth-order valence-electron chi connectivity index (χ4n) is 1.70. The van der Waals surface area contributed by atoms with Crippen LogP contribution in [0.3, 0.4) is 0 Å². The highest BCUT2D eigenvalue weighted by atomic mass is 16.5. The van der Waals surface area contributed by atoms with Crippen LogP contribution >= 0.6 is 0 Å². The lowest BCUT2D eigenvalue weighted by atomic mass is 9.85. The Balaban J connectivity index is 2.90. The third-order valence-corrected chi connectivity index (χ3v) is 2.93. The van der Waals surface area contributed by atoms with E-state index >= 15 is 0 Å². The van der Waals surface area contributed by atoms with Gasteiger partial charge in [0.05, 0.1) is 25.5 Å². The van der Waals surface area contributed by atoms with E-state index in [2.05, 4.69) is 31.6 Å². The number of benzene rings is 1. The quantitative estimate of drug-likeness (QED) is 0.768. The van der Waals surface area contributed by atoms with Gasteiger partial charge in [-0.25, -0.2) is 0 Å². The van der Waals surface area contributed by atoms with Crippen LogP contribution in [0.25, 0.3) is 0 Å². The van der Waals surface area contributed by atoms with Crippen LogP contribution in [0.2, 0.25) is 0 Å². The number of nitriles is 1. The molecule has 0 aliphatic rings. The Morgan fingerprint density at radius 2 is 1.89 bits per heavy atom. The van der Waals surface area contributed by atoms with Crippen LogP contribution in [-0.4, -0.2) is 13.1 Å². The Hall–Kier alpha value is -1.82. The summed E-state index contributed by atoms with van der Waals surface area (Å²) in [7, 11) is 1.33. The van der Waals surface area contributed by atoms with Crippen molar-refractivity contribution < 1.29 is 9.53 Å². The van der Waals surface area contributed by atoms with Gasteiger partial charge >= 0.3 is 5.97 Å². The van der Waals surface area contributed by atoms with Crippen molar-refractivity contribution in [2.24, 2.45) is 0 Å². The largest absolute Gasteiger partial charge is 0.469 e. The van der Waals surface area contributed by atoms with Gasteiger partial charge in [-0.15, -0.1) is 0 Å². The first-order valence-electron chi connectivity index (χ1n) is 5.95. The van der Waals surface area contributed by atoms with Gasteiger partial charge in [0.1, 0.15) is 0 Å². The van der Waals surface area contributed by atoms with Crippen LogP contribution in [0.5, 0.6) is 0 Å². The highest BCUT2D eigenvalue weighted by Gasteiger charge is 2.18. The first-order valence-corrected chi connectivity index (χ1v) is 5.95. The van der Waals surface area contributed by atoms with Crippen LogP contribution in [0.15, 0.2) is 24.3 Å². The van der Waals surface area contributed by atoms with Crippen LogP contribution in [0.4, 0.5) is 0 Å². The molecule has 0 fully saturated rings. The van der Waals surface area contributed by atoms with E-state index < -0.39 is 5.92 Å². The van der Waals surface area contributed by atoms with E-state index in [1.54, 1.807) is 0 Å². The Kier molecular flexibility index (Phi) is 4.49. The van der Waals surface area contributed by atoms with Crippen LogP contribution in [0, 0.1) is 11.3 Å². The van der Waals surface area contributed by atoms with Crippen molar-refractivity contribution in [3.63, 3.8) is 0 Å². The van der Waals surface area contributed by atoms with Gasteiger partial charge < -0.3 is 4.74 Å². The average molecular weight is 245 g/mol. The number of rotatable bonds is 3. The zero-order chi connectivity index (χ0) is 13.8. The molecular formula is C15H19NO2. The van der Waals surface area contributed by atoms with Crippen LogP contribution in [-0.2, 0) is 14.9 Å². The molecule has 0 amide bonds. The zero-order valence-electron chi connectivity index (χ0n) is 11.4. The highest BCUT2D eigenvalue weighted by Crippen LogP contribution is 2.25. The van der Waals surface area contributed by atoms with Gasteiger partial charge in [0.15, 0.2) is 0 Å². The molecule has 1 unspecified atom stereocenters. The molecule has 1 rings (SSSR count). The molecule has 0 saturated heterocycles. The first kappa shape index (κ1) is 14.2. The first-order chi connectivity index (χ1) is 8.38. The number of hydrogen-bond acceptors (Lipinski definition) is 3. The molecule has 0 heterocycles. The lowest BCUT2D eigenvalue weighted by Gasteiger charge is -2.19. The van der Waals surface area contributed by atoms with Crippen molar-refractivity contribution in [2.45, 2.75) is 38.5 Å². The third-order valence-electron chi connectivity index (χ3n) is 2.93. The molecule has 3 nitrogen and oxygen atoms in total. The lowest BCUT2D eigenvalue weighted by molar-refractivity contribution is -0.140. The topological polar surface area (TPSA) is 50.1 Å². The van der Waals surface area contributed by atoms with Crippen LogP contribution < -0.4 is 0 Å². The number of carbonyl (C=O) groups excluding carboxylic acids is 1. The minimum Gasteiger partial charge on any atom is -0.469 e. The maximum absolute atomic E-state index is 11.2. The van der Waals surface area contributed by atoms with Gasteiger partial charge in [-0.1, -0.05) is 45.0 Å². The molecule has 0 radical (unpaired) electrons. The average Bonchev–Trinajstić information content (AvgIpc) is 2.34. The molecule has 0 bridgehead atoms. The van der Waals surface area contributed by atoms with Crippen molar-refractivity contribution in [2.75, 3.05) is 7.11 Å². The summed E-state index contributed by atoms with van der Waals surface area (Å²) in [6.07, 6.45) is 0.0991. The SMILES string of the molecule is COC(=O)CC(C#N)c1ccc(C(C)(C)C)cc1. The fourth-order valence-corrected chi connectivity index (χ4v) is 1.70. The predicted molar refractivity (Wildman–Crippen MR) is 70.1 cm³/mol. The van der Waals surface area contributed by atoms with Crippen molar-refractivity contribution in [3.8, 4) is 6.07 Å². The number of nitrogens with zero attached hydrogens (tertiary/aromatic N) is 1. The van der Waals surface area contributed by atoms with Gasteiger partial charge in [-0.05, 0) is 16.5 Å². The number of esters is 1. The molecule has 3 heteroatoms. The summed E-state index contributed by atoms with van der Waals surface area (Å²) in [6.45, 7) is 6.41. The van der Waals surface area contributed by atoms with E-state index in [4.69, 9.17) is 5.26 Å². The summed E-state index contributed by atoms with van der Waals surface area (Å²) in [5.74, 6) is -0.798. The molecule has 0 aromatic heterocycles. The minimum absolute atomic E-state index is 0.0863. The van der Waals surface area contributed by atoms with Gasteiger partial charge in [0.2, 0.25) is 0 Å². The van der Waals surface area contributed by atoms with Gasteiger partial charge in [-0.2, -0.15) is 5.26 Å².